The van der Waals surface area contributed by atoms with Gasteiger partial charge in [0.25, 0.3) is 0 Å². The Balaban J connectivity index is 2.01. The summed E-state index contributed by atoms with van der Waals surface area (Å²) in [7, 11) is 0. The van der Waals surface area contributed by atoms with Gasteiger partial charge in [-0.15, -0.1) is 21.5 Å². The number of aromatic amines is 1. The molecule has 0 aliphatic carbocycles. The van der Waals surface area contributed by atoms with Crippen LogP contribution in [0, 0.1) is 0 Å². The van der Waals surface area contributed by atoms with Crippen molar-refractivity contribution >= 4 is 28.5 Å². The molecule has 0 radical (unpaired) electrons. The molecule has 0 atom stereocenters. The van der Waals surface area contributed by atoms with Crippen LogP contribution in [-0.2, 0) is 16.2 Å². The number of nitrogens with two attached hydrogens (primary N) is 1. The molecule has 17 heavy (non-hydrogen) atoms. The van der Waals surface area contributed by atoms with Gasteiger partial charge in [0.1, 0.15) is 5.69 Å². The Hall–Kier alpha value is -2.36. The lowest BCUT2D eigenvalue weighted by molar-refractivity contribution is -0.102. The van der Waals surface area contributed by atoms with Crippen LogP contribution in [0.4, 0.5) is 5.13 Å². The molecule has 0 saturated carbocycles. The lowest BCUT2D eigenvalue weighted by Crippen LogP contribution is -2.04. The van der Waals surface area contributed by atoms with Crippen molar-refractivity contribution in [1.29, 1.82) is 0 Å². The molecule has 88 valence electrons. The van der Waals surface area contributed by atoms with Crippen LogP contribution in [0.3, 0.4) is 0 Å². The molecule has 0 saturated heterocycles. The SMILES string of the molecule is Nc1nc(/C(C=O)=N\OCc2nn[nH]n2)cs1. The fourth-order valence-electron chi connectivity index (χ4n) is 0.937. The minimum Gasteiger partial charge on any atom is -0.387 e. The number of hydrogen-bond acceptors (Lipinski definition) is 9. The van der Waals surface area contributed by atoms with E-state index in [1.807, 2.05) is 0 Å². The van der Waals surface area contributed by atoms with Gasteiger partial charge in [-0.2, -0.15) is 5.21 Å². The molecule has 0 unspecified atom stereocenters. The van der Waals surface area contributed by atoms with E-state index in [1.54, 1.807) is 5.38 Å². The zero-order valence-corrected chi connectivity index (χ0v) is 9.22. The van der Waals surface area contributed by atoms with E-state index >= 15 is 0 Å². The molecule has 0 spiro atoms. The monoisotopic (exact) mass is 253 g/mol. The van der Waals surface area contributed by atoms with Crippen molar-refractivity contribution in [3.05, 3.63) is 16.9 Å². The number of hydrogen-bond donors (Lipinski definition) is 2. The minimum atomic E-state index is 0.00740. The first-order valence-corrected chi connectivity index (χ1v) is 5.26. The first-order chi connectivity index (χ1) is 8.29. The van der Waals surface area contributed by atoms with Crippen molar-refractivity contribution in [2.45, 2.75) is 6.61 Å². The number of thiazole rings is 1. The largest absolute Gasteiger partial charge is 0.387 e. The van der Waals surface area contributed by atoms with Gasteiger partial charge in [-0.25, -0.2) is 4.98 Å². The average Bonchev–Trinajstić information content (AvgIpc) is 2.96. The highest BCUT2D eigenvalue weighted by Crippen LogP contribution is 2.11. The van der Waals surface area contributed by atoms with E-state index in [4.69, 9.17) is 10.6 Å². The van der Waals surface area contributed by atoms with Crippen LogP contribution in [0.5, 0.6) is 0 Å². The van der Waals surface area contributed by atoms with Gasteiger partial charge in [-0.1, -0.05) is 10.4 Å². The van der Waals surface area contributed by atoms with Gasteiger partial charge < -0.3 is 10.6 Å². The predicted molar refractivity (Wildman–Crippen MR) is 58.1 cm³/mol. The molecule has 2 rings (SSSR count). The lowest BCUT2D eigenvalue weighted by atomic mass is 10.3. The van der Waals surface area contributed by atoms with Crippen LogP contribution in [0.15, 0.2) is 10.5 Å². The predicted octanol–water partition coefficient (Wildman–Crippen LogP) is -0.642. The quantitative estimate of drug-likeness (QED) is 0.411. The van der Waals surface area contributed by atoms with Gasteiger partial charge in [-0.3, -0.25) is 4.79 Å². The number of anilines is 1. The highest BCUT2D eigenvalue weighted by atomic mass is 32.1. The number of nitrogen functional groups attached to an aromatic ring is 1. The smallest absolute Gasteiger partial charge is 0.214 e. The Labute approximate surface area is 98.7 Å². The first kappa shape index (κ1) is 11.1. The van der Waals surface area contributed by atoms with Crippen LogP contribution in [-0.4, -0.2) is 37.6 Å². The number of carbonyl (C=O) groups is 1. The summed E-state index contributed by atoms with van der Waals surface area (Å²) in [6.45, 7) is 0.00740. The number of nitrogens with zero attached hydrogens (tertiary/aromatic N) is 5. The molecule has 10 heteroatoms. The summed E-state index contributed by atoms with van der Waals surface area (Å²) in [5.74, 6) is 0.330. The Morgan fingerprint density at radius 3 is 3.18 bits per heavy atom. The number of oxime groups is 1. The number of tetrazole rings is 1. The van der Waals surface area contributed by atoms with Gasteiger partial charge in [0.15, 0.2) is 23.7 Å². The van der Waals surface area contributed by atoms with E-state index < -0.39 is 0 Å². The minimum absolute atomic E-state index is 0.00740. The summed E-state index contributed by atoms with van der Waals surface area (Å²) in [5.41, 5.74) is 5.87. The molecule has 0 aliphatic rings. The van der Waals surface area contributed by atoms with Gasteiger partial charge in [0.05, 0.1) is 0 Å². The molecule has 2 aromatic rings. The summed E-state index contributed by atoms with van der Waals surface area (Å²) >= 11 is 1.21. The molecule has 0 aromatic carbocycles. The topological polar surface area (TPSA) is 132 Å². The second kappa shape index (κ2) is 5.12. The number of rotatable bonds is 5. The van der Waals surface area contributed by atoms with Crippen LogP contribution in [0.2, 0.25) is 0 Å². The third kappa shape index (κ3) is 2.81. The van der Waals surface area contributed by atoms with Crippen molar-refractivity contribution in [3.63, 3.8) is 0 Å². The normalized spacial score (nSPS) is 11.4. The summed E-state index contributed by atoms with van der Waals surface area (Å²) in [6.07, 6.45) is 0.532. The fourth-order valence-corrected chi connectivity index (χ4v) is 1.49. The zero-order valence-electron chi connectivity index (χ0n) is 8.40. The number of carbonyl (C=O) groups excluding carboxylic acids is 1. The maximum absolute atomic E-state index is 10.8. The van der Waals surface area contributed by atoms with Crippen molar-refractivity contribution in [2.24, 2.45) is 5.16 Å². The van der Waals surface area contributed by atoms with Gasteiger partial charge in [-0.05, 0) is 0 Å². The lowest BCUT2D eigenvalue weighted by Gasteiger charge is -1.95. The Morgan fingerprint density at radius 2 is 2.59 bits per heavy atom. The third-order valence-electron chi connectivity index (χ3n) is 1.64. The molecular formula is C7H7N7O2S. The van der Waals surface area contributed by atoms with E-state index in [1.165, 1.54) is 11.3 Å². The molecule has 0 aliphatic heterocycles. The maximum atomic E-state index is 10.8. The highest BCUT2D eigenvalue weighted by Gasteiger charge is 2.07. The van der Waals surface area contributed by atoms with E-state index in [9.17, 15) is 4.79 Å². The molecule has 3 N–H and O–H groups in total. The molecular weight excluding hydrogens is 246 g/mol. The summed E-state index contributed by atoms with van der Waals surface area (Å²) < 4.78 is 0. The van der Waals surface area contributed by atoms with Crippen LogP contribution in [0.25, 0.3) is 0 Å². The van der Waals surface area contributed by atoms with E-state index in [-0.39, 0.29) is 12.3 Å². The second-order valence-corrected chi connectivity index (χ2v) is 3.66. The van der Waals surface area contributed by atoms with Gasteiger partial charge >= 0.3 is 0 Å². The number of aromatic nitrogens is 5. The summed E-state index contributed by atoms with van der Waals surface area (Å²) in [6, 6.07) is 0. The highest BCUT2D eigenvalue weighted by molar-refractivity contribution is 7.13. The van der Waals surface area contributed by atoms with E-state index in [0.717, 1.165) is 0 Å². The molecule has 0 fully saturated rings. The first-order valence-electron chi connectivity index (χ1n) is 4.38. The number of nitrogens with one attached hydrogen (secondary N) is 1. The van der Waals surface area contributed by atoms with E-state index in [0.29, 0.717) is 22.9 Å². The van der Waals surface area contributed by atoms with Crippen molar-refractivity contribution in [1.82, 2.24) is 25.6 Å². The van der Waals surface area contributed by atoms with Crippen LogP contribution >= 0.6 is 11.3 Å². The van der Waals surface area contributed by atoms with Gasteiger partial charge in [0, 0.05) is 5.38 Å². The molecule has 0 bridgehead atoms. The molecule has 2 heterocycles. The summed E-state index contributed by atoms with van der Waals surface area (Å²) in [4.78, 5) is 19.6. The Bertz CT molecular complexity index is 520. The third-order valence-corrected chi connectivity index (χ3v) is 2.32. The fraction of sp³-hybridized carbons (Fsp3) is 0.143. The Morgan fingerprint density at radius 1 is 1.71 bits per heavy atom. The zero-order chi connectivity index (χ0) is 12.1. The van der Waals surface area contributed by atoms with Crippen LogP contribution < -0.4 is 5.73 Å². The van der Waals surface area contributed by atoms with Crippen LogP contribution in [0.1, 0.15) is 11.5 Å². The van der Waals surface area contributed by atoms with Crippen molar-refractivity contribution in [3.8, 4) is 0 Å². The second-order valence-electron chi connectivity index (χ2n) is 2.77. The maximum Gasteiger partial charge on any atom is 0.214 e. The number of H-pyrrole nitrogens is 1. The Kier molecular flexibility index (Phi) is 3.35. The molecule has 0 amide bonds. The average molecular weight is 253 g/mol. The van der Waals surface area contributed by atoms with Crippen molar-refractivity contribution in [2.75, 3.05) is 5.73 Å². The molecule has 9 nitrogen and oxygen atoms in total. The van der Waals surface area contributed by atoms with Gasteiger partial charge in [0.2, 0.25) is 5.82 Å². The van der Waals surface area contributed by atoms with Crippen molar-refractivity contribution < 1.29 is 9.63 Å². The molecule has 2 aromatic heterocycles. The summed E-state index contributed by atoms with van der Waals surface area (Å²) in [5, 5.41) is 18.5. The number of aldehydes is 1. The van der Waals surface area contributed by atoms with E-state index in [2.05, 4.69) is 30.8 Å². The standard InChI is InChI=1S/C7H7N7O2S/c8-7-9-5(3-17-7)4(1-15)12-16-2-6-10-13-14-11-6/h1,3H,2H2,(H2,8,9)(H,10,11,13,14)/b12-4-.